The van der Waals surface area contributed by atoms with Gasteiger partial charge in [-0.2, -0.15) is 0 Å². The second-order valence-electron chi connectivity index (χ2n) is 4.98. The van der Waals surface area contributed by atoms with Crippen molar-refractivity contribution >= 4 is 78.1 Å². The van der Waals surface area contributed by atoms with E-state index in [1.807, 2.05) is 12.1 Å². The molecular formula is C17H11Br2ClN2O2S. The Labute approximate surface area is 170 Å². The van der Waals surface area contributed by atoms with Crippen molar-refractivity contribution in [2.45, 2.75) is 0 Å². The van der Waals surface area contributed by atoms with Gasteiger partial charge in [-0.15, -0.1) is 0 Å². The molecular weight excluding hydrogens is 492 g/mol. The molecule has 0 bridgehead atoms. The van der Waals surface area contributed by atoms with Gasteiger partial charge in [0.05, 0.1) is 26.6 Å². The van der Waals surface area contributed by atoms with Gasteiger partial charge in [-0.05, 0) is 91.7 Å². The molecule has 0 unspecified atom stereocenters. The van der Waals surface area contributed by atoms with E-state index >= 15 is 0 Å². The van der Waals surface area contributed by atoms with E-state index in [0.29, 0.717) is 20.8 Å². The standard InChI is InChI=1S/C17H11Br2ClN2O2S/c1-24-15-12(18)6-9(7-13(15)19)8-14-16(23)22-17(25-14)21-11-4-2-10(20)3-5-11/h2-8H,1H3,(H,21,22,23)/b14-8-. The summed E-state index contributed by atoms with van der Waals surface area (Å²) in [6.45, 7) is 0. The fraction of sp³-hybridized carbons (Fsp3) is 0.0588. The van der Waals surface area contributed by atoms with Crippen LogP contribution in [0.25, 0.3) is 6.08 Å². The third-order valence-electron chi connectivity index (χ3n) is 3.23. The predicted octanol–water partition coefficient (Wildman–Crippen LogP) is 5.77. The smallest absolute Gasteiger partial charge is 0.264 e. The molecule has 1 aliphatic heterocycles. The van der Waals surface area contributed by atoms with Crippen LogP contribution in [0.1, 0.15) is 5.56 Å². The summed E-state index contributed by atoms with van der Waals surface area (Å²) in [4.78, 5) is 17.2. The van der Waals surface area contributed by atoms with Crippen LogP contribution >= 0.6 is 55.2 Å². The number of benzene rings is 2. The summed E-state index contributed by atoms with van der Waals surface area (Å²) in [6, 6.07) is 10.9. The number of rotatable bonds is 3. The van der Waals surface area contributed by atoms with Crippen LogP contribution in [-0.4, -0.2) is 18.2 Å². The number of nitrogens with one attached hydrogen (secondary N) is 1. The summed E-state index contributed by atoms with van der Waals surface area (Å²) in [5.74, 6) is 0.524. The van der Waals surface area contributed by atoms with Gasteiger partial charge < -0.3 is 10.1 Å². The van der Waals surface area contributed by atoms with E-state index in [1.54, 1.807) is 37.5 Å². The number of carbonyl (C=O) groups is 1. The highest BCUT2D eigenvalue weighted by Gasteiger charge is 2.24. The van der Waals surface area contributed by atoms with Crippen molar-refractivity contribution in [2.24, 2.45) is 4.99 Å². The zero-order valence-electron chi connectivity index (χ0n) is 12.8. The second kappa shape index (κ2) is 7.95. The third kappa shape index (κ3) is 4.47. The summed E-state index contributed by atoms with van der Waals surface area (Å²) in [7, 11) is 1.60. The molecule has 128 valence electrons. The Morgan fingerprint density at radius 2 is 1.84 bits per heavy atom. The minimum atomic E-state index is -0.180. The van der Waals surface area contributed by atoms with Crippen LogP contribution in [0.15, 0.2) is 55.2 Å². The predicted molar refractivity (Wildman–Crippen MR) is 111 cm³/mol. The Kier molecular flexibility index (Phi) is 5.89. The molecule has 1 saturated heterocycles. The van der Waals surface area contributed by atoms with E-state index in [9.17, 15) is 4.79 Å². The summed E-state index contributed by atoms with van der Waals surface area (Å²) < 4.78 is 6.89. The Morgan fingerprint density at radius 1 is 1.20 bits per heavy atom. The lowest BCUT2D eigenvalue weighted by atomic mass is 10.2. The molecule has 1 aliphatic rings. The highest BCUT2D eigenvalue weighted by molar-refractivity contribution is 9.11. The van der Waals surface area contributed by atoms with Crippen LogP contribution in [-0.2, 0) is 4.79 Å². The van der Waals surface area contributed by atoms with Crippen LogP contribution in [0.5, 0.6) is 5.75 Å². The van der Waals surface area contributed by atoms with Gasteiger partial charge in [-0.1, -0.05) is 11.6 Å². The third-order valence-corrected chi connectivity index (χ3v) is 5.57. The van der Waals surface area contributed by atoms with Crippen molar-refractivity contribution < 1.29 is 9.53 Å². The fourth-order valence-corrected chi connectivity index (χ4v) is 4.64. The Morgan fingerprint density at radius 3 is 2.44 bits per heavy atom. The lowest BCUT2D eigenvalue weighted by Crippen LogP contribution is -2.19. The number of halogens is 3. The Balaban J connectivity index is 1.85. The molecule has 0 spiro atoms. The summed E-state index contributed by atoms with van der Waals surface area (Å²) >= 11 is 14.1. The fourth-order valence-electron chi connectivity index (χ4n) is 2.12. The molecule has 25 heavy (non-hydrogen) atoms. The average molecular weight is 503 g/mol. The van der Waals surface area contributed by atoms with E-state index in [1.165, 1.54) is 11.8 Å². The number of carbonyl (C=O) groups excluding carboxylic acids is 1. The highest BCUT2D eigenvalue weighted by Crippen LogP contribution is 2.36. The van der Waals surface area contributed by atoms with Gasteiger partial charge >= 0.3 is 0 Å². The second-order valence-corrected chi connectivity index (χ2v) is 8.15. The van der Waals surface area contributed by atoms with Gasteiger partial charge in [0.15, 0.2) is 5.17 Å². The van der Waals surface area contributed by atoms with E-state index in [0.717, 1.165) is 20.2 Å². The number of amides is 1. The van der Waals surface area contributed by atoms with Crippen LogP contribution in [0.3, 0.4) is 0 Å². The first kappa shape index (κ1) is 18.5. The maximum absolute atomic E-state index is 12.2. The monoisotopic (exact) mass is 500 g/mol. The van der Waals surface area contributed by atoms with Crippen molar-refractivity contribution in [1.29, 1.82) is 0 Å². The molecule has 0 saturated carbocycles. The minimum Gasteiger partial charge on any atom is -0.494 e. The summed E-state index contributed by atoms with van der Waals surface area (Å²) in [5.41, 5.74) is 1.59. The molecule has 0 aromatic heterocycles. The maximum Gasteiger partial charge on any atom is 0.264 e. The van der Waals surface area contributed by atoms with Crippen LogP contribution in [0, 0.1) is 0 Å². The number of thioether (sulfide) groups is 1. The summed E-state index contributed by atoms with van der Waals surface area (Å²) in [5, 5.41) is 3.94. The number of nitrogens with zero attached hydrogens (tertiary/aromatic N) is 1. The van der Waals surface area contributed by atoms with Crippen molar-refractivity contribution in [3.8, 4) is 5.75 Å². The van der Waals surface area contributed by atoms with E-state index < -0.39 is 0 Å². The molecule has 4 nitrogen and oxygen atoms in total. The van der Waals surface area contributed by atoms with E-state index in [4.69, 9.17) is 16.3 Å². The zero-order chi connectivity index (χ0) is 18.0. The van der Waals surface area contributed by atoms with Gasteiger partial charge in [0.2, 0.25) is 0 Å². The molecule has 0 aliphatic carbocycles. The molecule has 1 heterocycles. The molecule has 1 amide bonds. The summed E-state index contributed by atoms with van der Waals surface area (Å²) in [6.07, 6.45) is 1.80. The SMILES string of the molecule is COc1c(Br)cc(/C=C2\SC(=Nc3ccc(Cl)cc3)NC2=O)cc1Br. The van der Waals surface area contributed by atoms with Gasteiger partial charge in [0.1, 0.15) is 5.75 Å². The average Bonchev–Trinajstić information content (AvgIpc) is 2.89. The van der Waals surface area contributed by atoms with Gasteiger partial charge in [0.25, 0.3) is 5.91 Å². The molecule has 0 atom stereocenters. The van der Waals surface area contributed by atoms with Gasteiger partial charge in [0, 0.05) is 5.02 Å². The van der Waals surface area contributed by atoms with Gasteiger partial charge in [-0.3, -0.25) is 4.79 Å². The van der Waals surface area contributed by atoms with Crippen LogP contribution < -0.4 is 10.1 Å². The number of amidine groups is 1. The van der Waals surface area contributed by atoms with E-state index in [2.05, 4.69) is 42.2 Å². The quantitative estimate of drug-likeness (QED) is 0.543. The van der Waals surface area contributed by atoms with Crippen molar-refractivity contribution in [3.05, 3.63) is 60.8 Å². The van der Waals surface area contributed by atoms with Crippen molar-refractivity contribution in [1.82, 2.24) is 5.32 Å². The molecule has 3 rings (SSSR count). The normalized spacial score (nSPS) is 17.2. The molecule has 0 radical (unpaired) electrons. The van der Waals surface area contributed by atoms with Gasteiger partial charge in [-0.25, -0.2) is 4.99 Å². The first-order valence-electron chi connectivity index (χ1n) is 7.04. The largest absolute Gasteiger partial charge is 0.494 e. The minimum absolute atomic E-state index is 0.180. The Bertz CT molecular complexity index is 875. The van der Waals surface area contributed by atoms with E-state index in [-0.39, 0.29) is 5.91 Å². The topological polar surface area (TPSA) is 50.7 Å². The first-order chi connectivity index (χ1) is 12.0. The van der Waals surface area contributed by atoms with Crippen molar-refractivity contribution in [3.63, 3.8) is 0 Å². The Hall–Kier alpha value is -1.28. The van der Waals surface area contributed by atoms with Crippen LogP contribution in [0.4, 0.5) is 5.69 Å². The lowest BCUT2D eigenvalue weighted by Gasteiger charge is -2.07. The maximum atomic E-state index is 12.2. The number of ether oxygens (including phenoxy) is 1. The molecule has 1 N–H and O–H groups in total. The highest BCUT2D eigenvalue weighted by atomic mass is 79.9. The molecule has 2 aromatic carbocycles. The number of hydrogen-bond acceptors (Lipinski definition) is 4. The molecule has 2 aromatic rings. The lowest BCUT2D eigenvalue weighted by molar-refractivity contribution is -0.115. The number of methoxy groups -OCH3 is 1. The van der Waals surface area contributed by atoms with Crippen molar-refractivity contribution in [2.75, 3.05) is 7.11 Å². The number of hydrogen-bond donors (Lipinski definition) is 1. The number of aliphatic imine (C=N–C) groups is 1. The molecule has 1 fully saturated rings. The molecule has 8 heteroatoms. The first-order valence-corrected chi connectivity index (χ1v) is 9.82. The van der Waals surface area contributed by atoms with Crippen LogP contribution in [0.2, 0.25) is 5.02 Å². The zero-order valence-corrected chi connectivity index (χ0v) is 17.6.